The molecule has 1 amide bonds. The molecule has 2 aromatic carbocycles. The minimum Gasteiger partial charge on any atom is -0.496 e. The minimum absolute atomic E-state index is 0.0641. The predicted octanol–water partition coefficient (Wildman–Crippen LogP) is 3.01. The van der Waals surface area contributed by atoms with E-state index in [-0.39, 0.29) is 12.5 Å². The van der Waals surface area contributed by atoms with Crippen LogP contribution in [-0.2, 0) is 11.3 Å². The van der Waals surface area contributed by atoms with Crippen molar-refractivity contribution in [1.82, 2.24) is 9.80 Å². The molecule has 0 fully saturated rings. The standard InChI is InChI=1S/C23H29N3O3S/c1-24(2)21(23(28)26(17-30)16-18-8-6-5-7-9-18)14-19-10-11-20(15-22(19)29-4)25(3)12-13-27/h5-11,14-15,17,27H,12-13,16H2,1-4H3/b21-14+. The highest BCUT2D eigenvalue weighted by Crippen LogP contribution is 2.28. The maximum absolute atomic E-state index is 13.2. The number of carbonyl (C=O) groups is 1. The Morgan fingerprint density at radius 1 is 1.13 bits per heavy atom. The van der Waals surface area contributed by atoms with Crippen LogP contribution >= 0.6 is 12.2 Å². The number of hydrogen-bond donors (Lipinski definition) is 1. The molecule has 30 heavy (non-hydrogen) atoms. The first-order valence-corrected chi connectivity index (χ1v) is 10.1. The summed E-state index contributed by atoms with van der Waals surface area (Å²) in [6, 6.07) is 15.5. The fourth-order valence-electron chi connectivity index (χ4n) is 2.95. The number of rotatable bonds is 10. The third kappa shape index (κ3) is 6.05. The van der Waals surface area contributed by atoms with Crippen molar-refractivity contribution in [3.63, 3.8) is 0 Å². The average Bonchev–Trinajstić information content (AvgIpc) is 2.76. The SMILES string of the molecule is COc1cc(N(C)CCO)ccc1/C=C(\C(=O)N(C=S)Cc1ccccc1)N(C)C. The van der Waals surface area contributed by atoms with Crippen LogP contribution < -0.4 is 9.64 Å². The van der Waals surface area contributed by atoms with Crippen LogP contribution in [0.15, 0.2) is 54.2 Å². The van der Waals surface area contributed by atoms with Crippen LogP contribution in [0, 0.1) is 0 Å². The smallest absolute Gasteiger partial charge is 0.275 e. The normalized spacial score (nSPS) is 11.0. The summed E-state index contributed by atoms with van der Waals surface area (Å²) in [6.07, 6.45) is 1.80. The quantitative estimate of drug-likeness (QED) is 0.465. The Morgan fingerprint density at radius 2 is 1.83 bits per heavy atom. The van der Waals surface area contributed by atoms with Crippen LogP contribution in [0.3, 0.4) is 0 Å². The zero-order valence-electron chi connectivity index (χ0n) is 17.9. The molecule has 0 atom stereocenters. The summed E-state index contributed by atoms with van der Waals surface area (Å²) in [5.74, 6) is 0.448. The van der Waals surface area contributed by atoms with E-state index in [2.05, 4.69) is 0 Å². The number of aliphatic hydroxyl groups excluding tert-OH is 1. The van der Waals surface area contributed by atoms with E-state index in [4.69, 9.17) is 22.1 Å². The first-order valence-electron chi connectivity index (χ1n) is 9.60. The summed E-state index contributed by atoms with van der Waals surface area (Å²) in [5, 5.41) is 9.16. The Bertz CT molecular complexity index is 885. The molecule has 0 unspecified atom stereocenters. The summed E-state index contributed by atoms with van der Waals surface area (Å²) >= 11 is 5.12. The van der Waals surface area contributed by atoms with Crippen LogP contribution in [-0.4, -0.2) is 67.7 Å². The summed E-state index contributed by atoms with van der Waals surface area (Å²) in [5.41, 5.74) is 4.57. The molecule has 0 saturated carbocycles. The van der Waals surface area contributed by atoms with Gasteiger partial charge in [0.1, 0.15) is 11.4 Å². The summed E-state index contributed by atoms with van der Waals surface area (Å²) in [7, 11) is 7.14. The molecule has 0 aliphatic rings. The molecule has 0 aliphatic carbocycles. The molecular formula is C23H29N3O3S. The van der Waals surface area contributed by atoms with Crippen molar-refractivity contribution in [2.24, 2.45) is 0 Å². The highest BCUT2D eigenvalue weighted by atomic mass is 32.1. The highest BCUT2D eigenvalue weighted by Gasteiger charge is 2.20. The van der Waals surface area contributed by atoms with Crippen LogP contribution in [0.2, 0.25) is 0 Å². The van der Waals surface area contributed by atoms with Crippen molar-refractivity contribution < 1.29 is 14.6 Å². The van der Waals surface area contributed by atoms with Gasteiger partial charge in [-0.1, -0.05) is 42.5 Å². The maximum Gasteiger partial charge on any atom is 0.275 e. The number of anilines is 1. The number of carbonyl (C=O) groups excluding carboxylic acids is 1. The molecule has 160 valence electrons. The lowest BCUT2D eigenvalue weighted by Crippen LogP contribution is -2.34. The molecule has 1 N–H and O–H groups in total. The average molecular weight is 428 g/mol. The van der Waals surface area contributed by atoms with Crippen LogP contribution in [0.1, 0.15) is 11.1 Å². The Labute approximate surface area is 184 Å². The fourth-order valence-corrected chi connectivity index (χ4v) is 3.12. The van der Waals surface area contributed by atoms with Crippen molar-refractivity contribution in [3.05, 3.63) is 65.4 Å². The van der Waals surface area contributed by atoms with Crippen molar-refractivity contribution in [1.29, 1.82) is 0 Å². The Kier molecular flexibility index (Phi) is 8.83. The van der Waals surface area contributed by atoms with E-state index in [1.54, 1.807) is 18.1 Å². The lowest BCUT2D eigenvalue weighted by Gasteiger charge is -2.24. The number of thiocarbonyl (C=S) groups is 1. The second kappa shape index (κ2) is 11.3. The zero-order valence-corrected chi connectivity index (χ0v) is 18.7. The number of hydrogen-bond acceptors (Lipinski definition) is 6. The second-order valence-electron chi connectivity index (χ2n) is 7.02. The lowest BCUT2D eigenvalue weighted by atomic mass is 10.1. The molecule has 2 aromatic rings. The van der Waals surface area contributed by atoms with Crippen molar-refractivity contribution in [3.8, 4) is 5.75 Å². The van der Waals surface area contributed by atoms with Crippen molar-refractivity contribution >= 4 is 35.4 Å². The van der Waals surface area contributed by atoms with Gasteiger partial charge in [-0.05, 0) is 23.8 Å². The number of ether oxygens (including phenoxy) is 1. The van der Waals surface area contributed by atoms with Gasteiger partial charge < -0.3 is 19.6 Å². The molecule has 0 heterocycles. The first-order chi connectivity index (χ1) is 14.4. The molecule has 0 bridgehead atoms. The molecule has 6 nitrogen and oxygen atoms in total. The number of nitrogens with zero attached hydrogens (tertiary/aromatic N) is 3. The van der Waals surface area contributed by atoms with Crippen molar-refractivity contribution in [2.45, 2.75) is 6.54 Å². The first kappa shape index (κ1) is 23.4. The molecule has 0 radical (unpaired) electrons. The molecule has 0 saturated heterocycles. The third-order valence-corrected chi connectivity index (χ3v) is 4.92. The number of amides is 1. The van der Waals surface area contributed by atoms with Gasteiger partial charge in [0.25, 0.3) is 5.91 Å². The van der Waals surface area contributed by atoms with Gasteiger partial charge in [-0.25, -0.2) is 0 Å². The summed E-state index contributed by atoms with van der Waals surface area (Å²) < 4.78 is 5.55. The largest absolute Gasteiger partial charge is 0.496 e. The van der Waals surface area contributed by atoms with Gasteiger partial charge in [-0.15, -0.1) is 0 Å². The van der Waals surface area contributed by atoms with Crippen LogP contribution in [0.4, 0.5) is 5.69 Å². The van der Waals surface area contributed by atoms with Gasteiger partial charge in [0.05, 0.1) is 25.8 Å². The van der Waals surface area contributed by atoms with E-state index >= 15 is 0 Å². The Hall–Kier alpha value is -2.90. The van der Waals surface area contributed by atoms with Gasteiger partial charge in [0, 0.05) is 45.0 Å². The van der Waals surface area contributed by atoms with Gasteiger partial charge in [-0.2, -0.15) is 0 Å². The molecule has 0 aliphatic heterocycles. The molecule has 0 spiro atoms. The van der Waals surface area contributed by atoms with Gasteiger partial charge in [-0.3, -0.25) is 9.69 Å². The van der Waals surface area contributed by atoms with Gasteiger partial charge >= 0.3 is 0 Å². The number of aliphatic hydroxyl groups is 1. The Balaban J connectivity index is 2.36. The fraction of sp³-hybridized carbons (Fsp3) is 0.304. The summed E-state index contributed by atoms with van der Waals surface area (Å²) in [6.45, 7) is 0.980. The molecule has 7 heteroatoms. The molecule has 2 rings (SSSR count). The van der Waals surface area contributed by atoms with E-state index in [9.17, 15) is 4.79 Å². The zero-order chi connectivity index (χ0) is 22.1. The molecule has 0 aromatic heterocycles. The van der Waals surface area contributed by atoms with Crippen LogP contribution in [0.25, 0.3) is 6.08 Å². The number of methoxy groups -OCH3 is 1. The van der Waals surface area contributed by atoms with Crippen LogP contribution in [0.5, 0.6) is 5.75 Å². The molecular weight excluding hydrogens is 398 g/mol. The number of likely N-dealkylation sites (N-methyl/N-ethyl adjacent to an activating group) is 2. The van der Waals surface area contributed by atoms with Gasteiger partial charge in [0.2, 0.25) is 0 Å². The van der Waals surface area contributed by atoms with E-state index in [1.165, 1.54) is 10.4 Å². The van der Waals surface area contributed by atoms with Gasteiger partial charge in [0.15, 0.2) is 0 Å². The predicted molar refractivity (Wildman–Crippen MR) is 126 cm³/mol. The maximum atomic E-state index is 13.2. The summed E-state index contributed by atoms with van der Waals surface area (Å²) in [4.78, 5) is 18.4. The van der Waals surface area contributed by atoms with E-state index in [0.717, 1.165) is 16.8 Å². The number of benzene rings is 2. The second-order valence-corrected chi connectivity index (χ2v) is 7.23. The van der Waals surface area contributed by atoms with E-state index in [0.29, 0.717) is 24.5 Å². The topological polar surface area (TPSA) is 56.3 Å². The Morgan fingerprint density at radius 3 is 2.40 bits per heavy atom. The van der Waals surface area contributed by atoms with E-state index < -0.39 is 0 Å². The van der Waals surface area contributed by atoms with Crippen molar-refractivity contribution in [2.75, 3.05) is 46.3 Å². The lowest BCUT2D eigenvalue weighted by molar-refractivity contribution is -0.124. The third-order valence-electron chi connectivity index (χ3n) is 4.67. The highest BCUT2D eigenvalue weighted by molar-refractivity contribution is 7.78. The monoisotopic (exact) mass is 427 g/mol. The minimum atomic E-state index is -0.192. The van der Waals surface area contributed by atoms with E-state index in [1.807, 2.05) is 74.6 Å².